The van der Waals surface area contributed by atoms with Gasteiger partial charge in [-0.25, -0.2) is 4.90 Å². The van der Waals surface area contributed by atoms with Crippen LogP contribution in [0.5, 0.6) is 0 Å². The maximum Gasteiger partial charge on any atom is 0.416 e. The molecular weight excluding hydrogens is 465 g/mol. The largest absolute Gasteiger partial charge is 0.416 e. The molecule has 2 fully saturated rings. The average molecular weight is 483 g/mol. The lowest BCUT2D eigenvalue weighted by Crippen LogP contribution is -2.52. The molecule has 0 saturated carbocycles. The van der Waals surface area contributed by atoms with Crippen LogP contribution in [0.25, 0.3) is 0 Å². The van der Waals surface area contributed by atoms with Gasteiger partial charge in [-0.05, 0) is 30.3 Å². The molecule has 12 heteroatoms. The number of hydrogen-bond donors (Lipinski definition) is 0. The molecule has 1 atom stereocenters. The van der Waals surface area contributed by atoms with Gasteiger partial charge in [0.2, 0.25) is 5.91 Å². The third-order valence-corrected chi connectivity index (χ3v) is 6.02. The minimum atomic E-state index is -4.69. The Labute approximate surface area is 191 Å². The van der Waals surface area contributed by atoms with E-state index in [0.29, 0.717) is 29.9 Å². The monoisotopic (exact) mass is 482 g/mol. The summed E-state index contributed by atoms with van der Waals surface area (Å²) < 4.78 is 38.9. The van der Waals surface area contributed by atoms with Gasteiger partial charge >= 0.3 is 6.18 Å². The molecule has 0 N–H and O–H groups in total. The van der Waals surface area contributed by atoms with E-state index in [1.807, 2.05) is 4.90 Å². The lowest BCUT2D eigenvalue weighted by Gasteiger charge is -2.37. The molecule has 33 heavy (non-hydrogen) atoms. The van der Waals surface area contributed by atoms with Crippen LogP contribution in [-0.2, 0) is 15.8 Å². The van der Waals surface area contributed by atoms with Crippen LogP contribution >= 0.6 is 11.6 Å². The zero-order chi connectivity index (χ0) is 23.9. The quantitative estimate of drug-likeness (QED) is 0.375. The summed E-state index contributed by atoms with van der Waals surface area (Å²) in [6.07, 6.45) is -4.70. The number of carbonyl (C=O) groups is 2. The number of amides is 2. The van der Waals surface area contributed by atoms with Gasteiger partial charge in [-0.15, -0.1) is 0 Å². The second-order valence-corrected chi connectivity index (χ2v) is 8.18. The molecule has 0 aromatic heterocycles. The molecule has 0 radical (unpaired) electrons. The third kappa shape index (κ3) is 4.51. The molecule has 2 aromatic rings. The number of halogens is 4. The van der Waals surface area contributed by atoms with E-state index in [2.05, 4.69) is 0 Å². The summed E-state index contributed by atoms with van der Waals surface area (Å²) in [5.74, 6) is -0.732. The number of piperazine rings is 1. The fourth-order valence-electron chi connectivity index (χ4n) is 4.18. The lowest BCUT2D eigenvalue weighted by atomic mass is 10.1. The highest BCUT2D eigenvalue weighted by molar-refractivity contribution is 6.31. The number of imide groups is 1. The Balaban J connectivity index is 1.48. The highest BCUT2D eigenvalue weighted by Crippen LogP contribution is 2.37. The van der Waals surface area contributed by atoms with E-state index >= 15 is 0 Å². The van der Waals surface area contributed by atoms with E-state index in [0.717, 1.165) is 17.0 Å². The van der Waals surface area contributed by atoms with Crippen LogP contribution in [0.15, 0.2) is 42.5 Å². The van der Waals surface area contributed by atoms with Gasteiger partial charge in [0.15, 0.2) is 0 Å². The smallest absolute Gasteiger partial charge is 0.363 e. The van der Waals surface area contributed by atoms with Gasteiger partial charge in [0.05, 0.1) is 28.6 Å². The van der Waals surface area contributed by atoms with Crippen LogP contribution in [0, 0.1) is 10.1 Å². The predicted molar refractivity (Wildman–Crippen MR) is 114 cm³/mol. The minimum Gasteiger partial charge on any atom is -0.363 e. The number of alkyl halides is 3. The van der Waals surface area contributed by atoms with Gasteiger partial charge in [0.25, 0.3) is 11.6 Å². The number of nitrogens with zero attached hydrogens (tertiary/aromatic N) is 4. The van der Waals surface area contributed by atoms with Gasteiger partial charge in [0, 0.05) is 37.3 Å². The third-order valence-electron chi connectivity index (χ3n) is 5.78. The van der Waals surface area contributed by atoms with Gasteiger partial charge in [-0.2, -0.15) is 13.2 Å². The number of rotatable bonds is 4. The predicted octanol–water partition coefficient (Wildman–Crippen LogP) is 3.72. The minimum absolute atomic E-state index is 0.00816. The molecule has 2 saturated heterocycles. The topological polar surface area (TPSA) is 87.0 Å². The van der Waals surface area contributed by atoms with Crippen molar-refractivity contribution in [2.75, 3.05) is 36.0 Å². The summed E-state index contributed by atoms with van der Waals surface area (Å²) in [5.41, 5.74) is -1.24. The van der Waals surface area contributed by atoms with E-state index in [9.17, 15) is 32.9 Å². The number of benzene rings is 2. The van der Waals surface area contributed by atoms with Crippen molar-refractivity contribution in [3.05, 3.63) is 63.2 Å². The zero-order valence-electron chi connectivity index (χ0n) is 17.1. The van der Waals surface area contributed by atoms with Crippen LogP contribution < -0.4 is 9.80 Å². The van der Waals surface area contributed by atoms with Crippen molar-refractivity contribution >= 4 is 40.5 Å². The Kier molecular flexibility index (Phi) is 6.02. The molecule has 2 aliphatic heterocycles. The van der Waals surface area contributed by atoms with Crippen LogP contribution in [-0.4, -0.2) is 53.9 Å². The number of carbonyl (C=O) groups excluding carboxylic acids is 2. The molecule has 0 spiro atoms. The number of nitro benzene ring substituents is 1. The molecule has 0 aliphatic carbocycles. The molecule has 2 heterocycles. The summed E-state index contributed by atoms with van der Waals surface area (Å²) in [7, 11) is 0. The second kappa shape index (κ2) is 8.64. The first-order valence-electron chi connectivity index (χ1n) is 10.0. The van der Waals surface area contributed by atoms with Crippen LogP contribution in [0.3, 0.4) is 0 Å². The zero-order valence-corrected chi connectivity index (χ0v) is 17.8. The second-order valence-electron chi connectivity index (χ2n) is 7.75. The van der Waals surface area contributed by atoms with Crippen LogP contribution in [0.2, 0.25) is 5.02 Å². The van der Waals surface area contributed by atoms with E-state index < -0.39 is 28.4 Å². The lowest BCUT2D eigenvalue weighted by molar-refractivity contribution is -0.384. The van der Waals surface area contributed by atoms with E-state index in [-0.39, 0.29) is 37.0 Å². The van der Waals surface area contributed by atoms with Crippen molar-refractivity contribution in [3.8, 4) is 0 Å². The van der Waals surface area contributed by atoms with Gasteiger partial charge < -0.3 is 4.90 Å². The molecule has 1 unspecified atom stereocenters. The molecule has 2 aliphatic rings. The maximum atomic E-state index is 13.0. The van der Waals surface area contributed by atoms with Crippen molar-refractivity contribution in [2.45, 2.75) is 18.6 Å². The molecular formula is C21H18ClF3N4O4. The average Bonchev–Trinajstić information content (AvgIpc) is 3.06. The molecule has 0 bridgehead atoms. The van der Waals surface area contributed by atoms with Crippen molar-refractivity contribution in [3.63, 3.8) is 0 Å². The summed E-state index contributed by atoms with van der Waals surface area (Å²) in [5, 5.41) is 11.8. The number of anilines is 2. The van der Waals surface area contributed by atoms with Crippen molar-refractivity contribution in [2.24, 2.45) is 0 Å². The summed E-state index contributed by atoms with van der Waals surface area (Å²) in [6.45, 7) is 1.12. The molecule has 4 rings (SSSR count). The fourth-order valence-corrected chi connectivity index (χ4v) is 4.36. The Morgan fingerprint density at radius 1 is 1.03 bits per heavy atom. The molecule has 2 aromatic carbocycles. The van der Waals surface area contributed by atoms with E-state index in [4.69, 9.17) is 11.6 Å². The molecule has 8 nitrogen and oxygen atoms in total. The number of nitro groups is 1. The Bertz CT molecular complexity index is 1120. The van der Waals surface area contributed by atoms with Crippen LogP contribution in [0.1, 0.15) is 12.0 Å². The molecule has 2 amide bonds. The Morgan fingerprint density at radius 3 is 2.33 bits per heavy atom. The van der Waals surface area contributed by atoms with Crippen molar-refractivity contribution in [1.29, 1.82) is 0 Å². The highest BCUT2D eigenvalue weighted by Gasteiger charge is 2.43. The SMILES string of the molecule is O=C1CC(N2CCN(c3ccc(C(F)(F)F)cc3[N+](=O)[O-])CC2)C(=O)N1c1cccc(Cl)c1. The maximum absolute atomic E-state index is 13.0. The van der Waals surface area contributed by atoms with E-state index in [1.54, 1.807) is 23.1 Å². The normalized spacial score (nSPS) is 19.9. The number of hydrogen-bond acceptors (Lipinski definition) is 6. The summed E-state index contributed by atoms with van der Waals surface area (Å²) in [4.78, 5) is 40.6. The Morgan fingerprint density at radius 2 is 1.73 bits per heavy atom. The summed E-state index contributed by atoms with van der Waals surface area (Å²) >= 11 is 5.97. The Hall–Kier alpha value is -3.18. The van der Waals surface area contributed by atoms with Gasteiger partial charge in [-0.1, -0.05) is 17.7 Å². The van der Waals surface area contributed by atoms with Crippen LogP contribution in [0.4, 0.5) is 30.2 Å². The van der Waals surface area contributed by atoms with E-state index in [1.165, 1.54) is 6.07 Å². The molecule has 174 valence electrons. The first-order valence-corrected chi connectivity index (χ1v) is 10.4. The van der Waals surface area contributed by atoms with Gasteiger partial charge in [0.1, 0.15) is 5.69 Å². The fraction of sp³-hybridized carbons (Fsp3) is 0.333. The first kappa shape index (κ1) is 23.0. The standard InChI is InChI=1S/C21H18ClF3N4O4/c22-14-2-1-3-15(11-14)28-19(30)12-18(20(28)31)27-8-6-26(7-9-27)16-5-4-13(21(23,24)25)10-17(16)29(32)33/h1-5,10-11,18H,6-9,12H2. The summed E-state index contributed by atoms with van der Waals surface area (Å²) in [6, 6.07) is 8.19. The van der Waals surface area contributed by atoms with Crippen molar-refractivity contribution in [1.82, 2.24) is 4.90 Å². The van der Waals surface area contributed by atoms with Crippen molar-refractivity contribution < 1.29 is 27.7 Å². The van der Waals surface area contributed by atoms with Gasteiger partial charge in [-0.3, -0.25) is 24.6 Å². The highest BCUT2D eigenvalue weighted by atomic mass is 35.5. The first-order chi connectivity index (χ1) is 15.6.